The summed E-state index contributed by atoms with van der Waals surface area (Å²) in [5, 5.41) is 12.1. The van der Waals surface area contributed by atoms with Crippen LogP contribution in [0.15, 0.2) is 24.3 Å². The monoisotopic (exact) mass is 239 g/mol. The average Bonchev–Trinajstić information content (AvgIpc) is 2.26. The van der Waals surface area contributed by atoms with Gasteiger partial charge in [0.05, 0.1) is 0 Å². The van der Waals surface area contributed by atoms with Crippen molar-refractivity contribution in [3.8, 4) is 0 Å². The SMILES string of the molecule is CSCC[C@H](Nc1ccc(C)cc1)C(=O)O. The van der Waals surface area contributed by atoms with E-state index < -0.39 is 12.0 Å². The Labute approximate surface area is 100 Å². The average molecular weight is 239 g/mol. The highest BCUT2D eigenvalue weighted by Crippen LogP contribution is 2.12. The smallest absolute Gasteiger partial charge is 0.326 e. The van der Waals surface area contributed by atoms with Gasteiger partial charge >= 0.3 is 5.97 Å². The van der Waals surface area contributed by atoms with Gasteiger partial charge in [0.15, 0.2) is 0 Å². The Hall–Kier alpha value is -1.16. The Morgan fingerprint density at radius 3 is 2.56 bits per heavy atom. The fourth-order valence-electron chi connectivity index (χ4n) is 1.34. The molecule has 0 saturated carbocycles. The second-order valence-corrected chi connectivity index (χ2v) is 4.67. The molecule has 1 atom stereocenters. The van der Waals surface area contributed by atoms with Gasteiger partial charge < -0.3 is 10.4 Å². The van der Waals surface area contributed by atoms with Crippen LogP contribution in [0, 0.1) is 6.92 Å². The van der Waals surface area contributed by atoms with E-state index in [1.54, 1.807) is 11.8 Å². The van der Waals surface area contributed by atoms with E-state index in [2.05, 4.69) is 5.32 Å². The number of aryl methyl sites for hydroxylation is 1. The zero-order valence-corrected chi connectivity index (χ0v) is 10.4. The molecule has 0 aliphatic heterocycles. The third-order valence-corrected chi connectivity index (χ3v) is 2.95. The van der Waals surface area contributed by atoms with Crippen molar-refractivity contribution in [1.29, 1.82) is 0 Å². The zero-order valence-electron chi connectivity index (χ0n) is 9.56. The van der Waals surface area contributed by atoms with E-state index >= 15 is 0 Å². The second kappa shape index (κ2) is 6.43. The first-order chi connectivity index (χ1) is 7.63. The Bertz CT molecular complexity index is 337. The summed E-state index contributed by atoms with van der Waals surface area (Å²) >= 11 is 1.66. The van der Waals surface area contributed by atoms with E-state index in [0.717, 1.165) is 11.4 Å². The van der Waals surface area contributed by atoms with Gasteiger partial charge in [-0.05, 0) is 37.5 Å². The molecule has 1 rings (SSSR count). The van der Waals surface area contributed by atoms with Crippen molar-refractivity contribution in [2.45, 2.75) is 19.4 Å². The molecule has 3 nitrogen and oxygen atoms in total. The molecule has 0 spiro atoms. The quantitative estimate of drug-likeness (QED) is 0.801. The topological polar surface area (TPSA) is 49.3 Å². The van der Waals surface area contributed by atoms with Gasteiger partial charge in [0.1, 0.15) is 6.04 Å². The van der Waals surface area contributed by atoms with Crippen LogP contribution >= 0.6 is 11.8 Å². The number of benzene rings is 1. The minimum absolute atomic E-state index is 0.504. The van der Waals surface area contributed by atoms with Crippen LogP contribution in [0.25, 0.3) is 0 Å². The molecule has 88 valence electrons. The number of carboxylic acid groups (broad SMARTS) is 1. The maximum atomic E-state index is 11.0. The van der Waals surface area contributed by atoms with Gasteiger partial charge in [-0.15, -0.1) is 0 Å². The fourth-order valence-corrected chi connectivity index (χ4v) is 1.82. The van der Waals surface area contributed by atoms with Gasteiger partial charge in [-0.2, -0.15) is 11.8 Å². The van der Waals surface area contributed by atoms with Crippen molar-refractivity contribution in [3.63, 3.8) is 0 Å². The largest absolute Gasteiger partial charge is 0.480 e. The predicted molar refractivity (Wildman–Crippen MR) is 69.2 cm³/mol. The summed E-state index contributed by atoms with van der Waals surface area (Å²) < 4.78 is 0. The van der Waals surface area contributed by atoms with Gasteiger partial charge in [-0.1, -0.05) is 17.7 Å². The zero-order chi connectivity index (χ0) is 12.0. The molecule has 0 aliphatic rings. The molecule has 16 heavy (non-hydrogen) atoms. The van der Waals surface area contributed by atoms with Crippen LogP contribution in [-0.2, 0) is 4.79 Å². The highest BCUT2D eigenvalue weighted by Gasteiger charge is 2.16. The first kappa shape index (κ1) is 12.9. The van der Waals surface area contributed by atoms with Crippen LogP contribution in [0.5, 0.6) is 0 Å². The van der Waals surface area contributed by atoms with Gasteiger partial charge in [0.2, 0.25) is 0 Å². The summed E-state index contributed by atoms with van der Waals surface area (Å²) in [6, 6.07) is 7.25. The summed E-state index contributed by atoms with van der Waals surface area (Å²) in [6.07, 6.45) is 2.61. The number of thioether (sulfide) groups is 1. The van der Waals surface area contributed by atoms with Crippen LogP contribution in [0.3, 0.4) is 0 Å². The Morgan fingerprint density at radius 2 is 2.06 bits per heavy atom. The molecule has 0 fully saturated rings. The first-order valence-corrected chi connectivity index (χ1v) is 6.58. The molecule has 2 N–H and O–H groups in total. The van der Waals surface area contributed by atoms with E-state index in [4.69, 9.17) is 5.11 Å². The maximum absolute atomic E-state index is 11.0. The summed E-state index contributed by atoms with van der Waals surface area (Å²) in [6.45, 7) is 2.01. The van der Waals surface area contributed by atoms with E-state index in [9.17, 15) is 4.79 Å². The molecule has 4 heteroatoms. The summed E-state index contributed by atoms with van der Waals surface area (Å²) in [5.74, 6) is 0.0464. The molecule has 0 radical (unpaired) electrons. The molecule has 0 bridgehead atoms. The van der Waals surface area contributed by atoms with E-state index in [-0.39, 0.29) is 0 Å². The van der Waals surface area contributed by atoms with Crippen LogP contribution in [-0.4, -0.2) is 29.1 Å². The van der Waals surface area contributed by atoms with Gasteiger partial charge in [0, 0.05) is 5.69 Å². The number of hydrogen-bond donors (Lipinski definition) is 2. The number of hydrogen-bond acceptors (Lipinski definition) is 3. The summed E-state index contributed by atoms with van der Waals surface area (Å²) in [7, 11) is 0. The van der Waals surface area contributed by atoms with Crippen LogP contribution in [0.1, 0.15) is 12.0 Å². The minimum Gasteiger partial charge on any atom is -0.480 e. The van der Waals surface area contributed by atoms with Crippen molar-refractivity contribution in [3.05, 3.63) is 29.8 Å². The molecule has 0 amide bonds. The van der Waals surface area contributed by atoms with Crippen molar-refractivity contribution < 1.29 is 9.90 Å². The van der Waals surface area contributed by atoms with Crippen molar-refractivity contribution in [2.24, 2.45) is 0 Å². The highest BCUT2D eigenvalue weighted by atomic mass is 32.2. The molecule has 0 aliphatic carbocycles. The molecule has 1 aromatic rings. The second-order valence-electron chi connectivity index (χ2n) is 3.68. The molecule has 0 saturated heterocycles. The third-order valence-electron chi connectivity index (χ3n) is 2.30. The minimum atomic E-state index is -0.797. The maximum Gasteiger partial charge on any atom is 0.326 e. The Kier molecular flexibility index (Phi) is 5.19. The molecule has 0 heterocycles. The Morgan fingerprint density at radius 1 is 1.44 bits per heavy atom. The van der Waals surface area contributed by atoms with Crippen LogP contribution < -0.4 is 5.32 Å². The molecular weight excluding hydrogens is 222 g/mol. The van der Waals surface area contributed by atoms with E-state index in [1.165, 1.54) is 5.56 Å². The first-order valence-electron chi connectivity index (χ1n) is 5.18. The van der Waals surface area contributed by atoms with Gasteiger partial charge in [-0.25, -0.2) is 4.79 Å². The lowest BCUT2D eigenvalue weighted by Crippen LogP contribution is -2.29. The highest BCUT2D eigenvalue weighted by molar-refractivity contribution is 7.98. The third kappa shape index (κ3) is 4.14. The summed E-state index contributed by atoms with van der Waals surface area (Å²) in [4.78, 5) is 11.0. The Balaban J connectivity index is 2.60. The molecule has 1 aromatic carbocycles. The lowest BCUT2D eigenvalue weighted by Gasteiger charge is -2.15. The van der Waals surface area contributed by atoms with Crippen molar-refractivity contribution >= 4 is 23.4 Å². The van der Waals surface area contributed by atoms with Crippen LogP contribution in [0.2, 0.25) is 0 Å². The van der Waals surface area contributed by atoms with Gasteiger partial charge in [0.25, 0.3) is 0 Å². The van der Waals surface area contributed by atoms with Crippen LogP contribution in [0.4, 0.5) is 5.69 Å². The number of rotatable bonds is 6. The molecule has 0 unspecified atom stereocenters. The molecular formula is C12H17NO2S. The number of carbonyl (C=O) groups is 1. The number of nitrogens with one attached hydrogen (secondary N) is 1. The standard InChI is InChI=1S/C12H17NO2S/c1-9-3-5-10(6-4-9)13-11(12(14)15)7-8-16-2/h3-6,11,13H,7-8H2,1-2H3,(H,14,15)/t11-/m0/s1. The lowest BCUT2D eigenvalue weighted by molar-refractivity contribution is -0.137. The van der Waals surface area contributed by atoms with Gasteiger partial charge in [-0.3, -0.25) is 0 Å². The summed E-state index contributed by atoms with van der Waals surface area (Å²) in [5.41, 5.74) is 2.03. The lowest BCUT2D eigenvalue weighted by atomic mass is 10.2. The van der Waals surface area contributed by atoms with Crippen molar-refractivity contribution in [1.82, 2.24) is 0 Å². The fraction of sp³-hybridized carbons (Fsp3) is 0.417. The normalized spacial score (nSPS) is 12.1. The van der Waals surface area contributed by atoms with Crippen molar-refractivity contribution in [2.75, 3.05) is 17.3 Å². The van der Waals surface area contributed by atoms with E-state index in [1.807, 2.05) is 37.4 Å². The predicted octanol–water partition coefficient (Wildman–Crippen LogP) is 2.61. The number of aliphatic carboxylic acids is 1. The number of carboxylic acids is 1. The number of anilines is 1. The van der Waals surface area contributed by atoms with E-state index in [0.29, 0.717) is 6.42 Å². The molecule has 0 aromatic heterocycles.